The van der Waals surface area contributed by atoms with E-state index in [1.165, 1.54) is 11.3 Å². The molecule has 8 heteroatoms. The van der Waals surface area contributed by atoms with Crippen LogP contribution in [0.3, 0.4) is 0 Å². The number of rotatable bonds is 6. The third-order valence-electron chi connectivity index (χ3n) is 2.90. The SMILES string of the molecule is O=C(O)CSCC(=O)Nc1sccc1-c1nc2ccccc2s1. The van der Waals surface area contributed by atoms with Gasteiger partial charge in [-0.1, -0.05) is 12.1 Å². The van der Waals surface area contributed by atoms with Crippen LogP contribution in [0.15, 0.2) is 35.7 Å². The van der Waals surface area contributed by atoms with Crippen LogP contribution in [0.5, 0.6) is 0 Å². The topological polar surface area (TPSA) is 79.3 Å². The lowest BCUT2D eigenvalue weighted by molar-refractivity contribution is -0.133. The smallest absolute Gasteiger partial charge is 0.313 e. The number of amides is 1. The molecule has 2 aromatic heterocycles. The largest absolute Gasteiger partial charge is 0.481 e. The van der Waals surface area contributed by atoms with Gasteiger partial charge in [-0.25, -0.2) is 4.98 Å². The number of anilines is 1. The van der Waals surface area contributed by atoms with E-state index in [0.29, 0.717) is 0 Å². The van der Waals surface area contributed by atoms with Crippen molar-refractivity contribution in [1.82, 2.24) is 4.98 Å². The number of carbonyl (C=O) groups excluding carboxylic acids is 1. The molecule has 0 radical (unpaired) electrons. The van der Waals surface area contributed by atoms with E-state index in [1.54, 1.807) is 11.3 Å². The van der Waals surface area contributed by atoms with E-state index in [-0.39, 0.29) is 17.4 Å². The molecule has 23 heavy (non-hydrogen) atoms. The summed E-state index contributed by atoms with van der Waals surface area (Å²) >= 11 is 4.09. The number of aromatic nitrogens is 1. The van der Waals surface area contributed by atoms with Gasteiger partial charge in [0.15, 0.2) is 0 Å². The van der Waals surface area contributed by atoms with Crippen LogP contribution in [0.1, 0.15) is 0 Å². The van der Waals surface area contributed by atoms with Gasteiger partial charge in [-0.05, 0) is 23.6 Å². The van der Waals surface area contributed by atoms with Crippen LogP contribution in [-0.2, 0) is 9.59 Å². The fourth-order valence-corrected chi connectivity index (χ4v) is 4.36. The monoisotopic (exact) mass is 364 g/mol. The first-order chi connectivity index (χ1) is 11.1. The lowest BCUT2D eigenvalue weighted by Gasteiger charge is -2.04. The van der Waals surface area contributed by atoms with E-state index in [9.17, 15) is 9.59 Å². The average Bonchev–Trinajstić information content (AvgIpc) is 3.12. The number of carboxylic acid groups (broad SMARTS) is 1. The highest BCUT2D eigenvalue weighted by Gasteiger charge is 2.14. The molecule has 2 heterocycles. The van der Waals surface area contributed by atoms with Gasteiger partial charge in [0.1, 0.15) is 10.0 Å². The van der Waals surface area contributed by atoms with Crippen LogP contribution in [0, 0.1) is 0 Å². The van der Waals surface area contributed by atoms with Crippen molar-refractivity contribution in [3.63, 3.8) is 0 Å². The Kier molecular flexibility index (Phi) is 4.94. The van der Waals surface area contributed by atoms with Crippen LogP contribution < -0.4 is 5.32 Å². The normalized spacial score (nSPS) is 10.8. The lowest BCUT2D eigenvalue weighted by atomic mass is 10.3. The Balaban J connectivity index is 1.74. The predicted molar refractivity (Wildman–Crippen MR) is 96.5 cm³/mol. The van der Waals surface area contributed by atoms with Crippen molar-refractivity contribution in [2.24, 2.45) is 0 Å². The molecule has 0 unspecified atom stereocenters. The molecule has 0 saturated carbocycles. The Hall–Kier alpha value is -1.90. The summed E-state index contributed by atoms with van der Waals surface area (Å²) in [7, 11) is 0. The maximum absolute atomic E-state index is 11.9. The number of carboxylic acids is 1. The van der Waals surface area contributed by atoms with Gasteiger partial charge in [0.05, 0.1) is 21.7 Å². The summed E-state index contributed by atoms with van der Waals surface area (Å²) < 4.78 is 1.10. The Morgan fingerprint density at radius 3 is 2.83 bits per heavy atom. The highest BCUT2D eigenvalue weighted by Crippen LogP contribution is 2.37. The molecule has 5 nitrogen and oxygen atoms in total. The van der Waals surface area contributed by atoms with Gasteiger partial charge in [-0.3, -0.25) is 9.59 Å². The van der Waals surface area contributed by atoms with Gasteiger partial charge in [-0.15, -0.1) is 34.4 Å². The number of aliphatic carboxylic acids is 1. The molecular weight excluding hydrogens is 352 g/mol. The number of thiazole rings is 1. The van der Waals surface area contributed by atoms with E-state index in [2.05, 4.69) is 10.3 Å². The maximum atomic E-state index is 11.9. The molecule has 3 rings (SSSR count). The van der Waals surface area contributed by atoms with Gasteiger partial charge in [0.25, 0.3) is 0 Å². The Labute approximate surface area is 144 Å². The minimum atomic E-state index is -0.922. The first kappa shape index (κ1) is 16.0. The number of carbonyl (C=O) groups is 2. The van der Waals surface area contributed by atoms with Crippen LogP contribution in [0.25, 0.3) is 20.8 Å². The maximum Gasteiger partial charge on any atom is 0.313 e. The van der Waals surface area contributed by atoms with Crippen LogP contribution >= 0.6 is 34.4 Å². The third kappa shape index (κ3) is 3.90. The molecule has 3 aromatic rings. The summed E-state index contributed by atoms with van der Waals surface area (Å²) in [5, 5.41) is 14.9. The van der Waals surface area contributed by atoms with Crippen molar-refractivity contribution in [2.75, 3.05) is 16.8 Å². The van der Waals surface area contributed by atoms with Gasteiger partial charge in [0, 0.05) is 5.56 Å². The van der Waals surface area contributed by atoms with E-state index in [0.717, 1.165) is 37.6 Å². The first-order valence-electron chi connectivity index (χ1n) is 6.66. The molecule has 0 atom stereocenters. The summed E-state index contributed by atoms with van der Waals surface area (Å²) in [5.41, 5.74) is 1.83. The average molecular weight is 364 g/mol. The third-order valence-corrected chi connectivity index (χ3v) is 5.72. The van der Waals surface area contributed by atoms with Crippen molar-refractivity contribution < 1.29 is 14.7 Å². The number of para-hydroxylation sites is 1. The zero-order chi connectivity index (χ0) is 16.2. The number of nitrogens with one attached hydrogen (secondary N) is 1. The van der Waals surface area contributed by atoms with Crippen LogP contribution in [0.2, 0.25) is 0 Å². The van der Waals surface area contributed by atoms with Gasteiger partial charge in [0.2, 0.25) is 5.91 Å². The lowest BCUT2D eigenvalue weighted by Crippen LogP contribution is -2.15. The zero-order valence-corrected chi connectivity index (χ0v) is 14.3. The molecule has 2 N–H and O–H groups in total. The molecule has 118 valence electrons. The van der Waals surface area contributed by atoms with E-state index in [4.69, 9.17) is 5.11 Å². The number of thioether (sulfide) groups is 1. The number of benzene rings is 1. The first-order valence-corrected chi connectivity index (χ1v) is 9.51. The van der Waals surface area contributed by atoms with Crippen molar-refractivity contribution in [1.29, 1.82) is 0 Å². The second-order valence-electron chi connectivity index (χ2n) is 4.58. The highest BCUT2D eigenvalue weighted by atomic mass is 32.2. The summed E-state index contributed by atoms with van der Waals surface area (Å²) in [4.78, 5) is 27.0. The number of thiophene rings is 1. The Morgan fingerprint density at radius 1 is 1.22 bits per heavy atom. The molecule has 0 aliphatic heterocycles. The van der Waals surface area contributed by atoms with Crippen molar-refractivity contribution >= 4 is 61.5 Å². The molecule has 0 bridgehead atoms. The standard InChI is InChI=1S/C15H12N2O3S3/c18-12(7-21-8-13(19)20)17-14-9(5-6-22-14)15-16-10-3-1-2-4-11(10)23-15/h1-6H,7-8H2,(H,17,18)(H,19,20). The van der Waals surface area contributed by atoms with Gasteiger partial charge in [-0.2, -0.15) is 0 Å². The fourth-order valence-electron chi connectivity index (χ4n) is 1.96. The second-order valence-corrected chi connectivity index (χ2v) is 7.52. The van der Waals surface area contributed by atoms with Crippen LogP contribution in [-0.4, -0.2) is 33.5 Å². The Morgan fingerprint density at radius 2 is 2.04 bits per heavy atom. The Bertz CT molecular complexity index is 823. The molecule has 0 saturated heterocycles. The molecule has 0 fully saturated rings. The highest BCUT2D eigenvalue weighted by molar-refractivity contribution is 8.00. The van der Waals surface area contributed by atoms with Gasteiger partial charge < -0.3 is 10.4 Å². The molecule has 1 aromatic carbocycles. The summed E-state index contributed by atoms with van der Waals surface area (Å²) in [6, 6.07) is 9.83. The van der Waals surface area contributed by atoms with E-state index >= 15 is 0 Å². The van der Waals surface area contributed by atoms with Crippen molar-refractivity contribution in [3.05, 3.63) is 35.7 Å². The predicted octanol–water partition coefficient (Wildman–Crippen LogP) is 3.78. The molecule has 0 aliphatic rings. The molecule has 1 amide bonds. The number of hydrogen-bond acceptors (Lipinski definition) is 6. The number of hydrogen-bond donors (Lipinski definition) is 2. The fraction of sp³-hybridized carbons (Fsp3) is 0.133. The summed E-state index contributed by atoms with van der Waals surface area (Å²) in [6.07, 6.45) is 0. The summed E-state index contributed by atoms with van der Waals surface area (Å²) in [5.74, 6) is -1.10. The van der Waals surface area contributed by atoms with Crippen molar-refractivity contribution in [3.8, 4) is 10.6 Å². The zero-order valence-electron chi connectivity index (χ0n) is 11.8. The second kappa shape index (κ2) is 7.12. The van der Waals surface area contributed by atoms with Crippen molar-refractivity contribution in [2.45, 2.75) is 0 Å². The minimum Gasteiger partial charge on any atom is -0.481 e. The van der Waals surface area contributed by atoms with E-state index < -0.39 is 5.97 Å². The summed E-state index contributed by atoms with van der Waals surface area (Å²) in [6.45, 7) is 0. The molecular formula is C15H12N2O3S3. The van der Waals surface area contributed by atoms with Crippen LogP contribution in [0.4, 0.5) is 5.00 Å². The van der Waals surface area contributed by atoms with E-state index in [1.807, 2.05) is 35.7 Å². The number of nitrogens with zero attached hydrogens (tertiary/aromatic N) is 1. The molecule has 0 aliphatic carbocycles. The van der Waals surface area contributed by atoms with Gasteiger partial charge >= 0.3 is 5.97 Å². The number of fused-ring (bicyclic) bond motifs is 1. The quantitative estimate of drug-likeness (QED) is 0.696. The molecule has 0 spiro atoms. The minimum absolute atomic E-state index is 0.0808.